The Kier molecular flexibility index (Phi) is 6.84. The topological polar surface area (TPSA) is 132 Å². The average molecular weight is 656 g/mol. The summed E-state index contributed by atoms with van der Waals surface area (Å²) in [5.41, 5.74) is 3.43. The van der Waals surface area contributed by atoms with Gasteiger partial charge in [0.1, 0.15) is 6.61 Å². The number of nitrogens with zero attached hydrogens (tertiary/aromatic N) is 2. The van der Waals surface area contributed by atoms with Gasteiger partial charge in [-0.15, -0.1) is 11.8 Å². The van der Waals surface area contributed by atoms with Gasteiger partial charge < -0.3 is 14.5 Å². The fourth-order valence-corrected chi connectivity index (χ4v) is 11.2. The van der Waals surface area contributed by atoms with Crippen molar-refractivity contribution >= 4 is 46.3 Å². The van der Waals surface area contributed by atoms with Crippen molar-refractivity contribution in [3.63, 3.8) is 0 Å². The quantitative estimate of drug-likeness (QED) is 0.148. The number of hydrogen-bond donors (Lipinski definition) is 1. The van der Waals surface area contributed by atoms with Crippen LogP contribution in [0.4, 0.5) is 11.4 Å². The van der Waals surface area contributed by atoms with Crippen molar-refractivity contribution in [1.82, 2.24) is 4.98 Å². The number of ether oxygens (including phenoxy) is 2. The Morgan fingerprint density at radius 1 is 0.978 bits per heavy atom. The number of thioether (sulfide) groups is 1. The number of amides is 2. The van der Waals surface area contributed by atoms with Crippen LogP contribution in [0.15, 0.2) is 76.6 Å². The number of anilines is 1. The lowest BCUT2D eigenvalue weighted by Crippen LogP contribution is -2.42. The third-order valence-corrected chi connectivity index (χ3v) is 12.7. The molecule has 3 fully saturated rings. The molecule has 4 aromatic rings. The normalized spacial score (nSPS) is 27.3. The SMILES string of the molecule is COc1cc([C@@H]2c3sc(=O)[nH]c3S[C@@H]3[C@@H]4C[C@@H]([C@@H]5C(=O)N(c6ccc([N+](=O)[O-])cc6)C(=O)[C@@H]45)[C@@H]23)ccc1OCc1cccc(C)c1. The van der Waals surface area contributed by atoms with Gasteiger partial charge in [-0.1, -0.05) is 47.2 Å². The number of nitro benzene ring substituents is 1. The highest BCUT2D eigenvalue weighted by atomic mass is 32.2. The Hall–Kier alpha value is -4.42. The number of methoxy groups -OCH3 is 1. The molecule has 4 aliphatic rings. The van der Waals surface area contributed by atoms with E-state index in [0.29, 0.717) is 23.8 Å². The van der Waals surface area contributed by atoms with Crippen LogP contribution >= 0.6 is 23.1 Å². The van der Waals surface area contributed by atoms with Gasteiger partial charge in [0, 0.05) is 28.2 Å². The number of carbonyl (C=O) groups is 2. The van der Waals surface area contributed by atoms with Crippen LogP contribution in [0, 0.1) is 46.6 Å². The van der Waals surface area contributed by atoms with E-state index in [1.54, 1.807) is 18.9 Å². The number of H-pyrrole nitrogens is 1. The first-order chi connectivity index (χ1) is 22.2. The first-order valence-electron chi connectivity index (χ1n) is 15.1. The number of nitrogens with one attached hydrogen (secondary N) is 1. The number of aromatic amines is 1. The summed E-state index contributed by atoms with van der Waals surface area (Å²) in [6, 6.07) is 19.6. The summed E-state index contributed by atoms with van der Waals surface area (Å²) < 4.78 is 12.0. The number of rotatable bonds is 7. The van der Waals surface area contributed by atoms with Crippen LogP contribution in [0.3, 0.4) is 0 Å². The summed E-state index contributed by atoms with van der Waals surface area (Å²) in [4.78, 5) is 56.3. The molecule has 2 amide bonds. The molecular weight excluding hydrogens is 627 g/mol. The number of imide groups is 1. The van der Waals surface area contributed by atoms with Crippen molar-refractivity contribution in [1.29, 1.82) is 0 Å². The lowest BCUT2D eigenvalue weighted by molar-refractivity contribution is -0.384. The van der Waals surface area contributed by atoms with Crippen molar-refractivity contribution in [3.05, 3.63) is 108 Å². The van der Waals surface area contributed by atoms with Gasteiger partial charge in [0.2, 0.25) is 11.8 Å². The second-order valence-corrected chi connectivity index (χ2v) is 14.6. The number of benzene rings is 3. The molecule has 1 aromatic heterocycles. The molecule has 7 atom stereocenters. The number of non-ortho nitro benzene ring substituents is 1. The van der Waals surface area contributed by atoms with Gasteiger partial charge in [-0.2, -0.15) is 0 Å². The fraction of sp³-hybridized carbons (Fsp3) is 0.324. The van der Waals surface area contributed by atoms with E-state index in [0.717, 1.165) is 33.0 Å². The highest BCUT2D eigenvalue weighted by Gasteiger charge is 2.69. The predicted molar refractivity (Wildman–Crippen MR) is 173 cm³/mol. The van der Waals surface area contributed by atoms with Gasteiger partial charge in [-0.05, 0) is 66.5 Å². The van der Waals surface area contributed by atoms with E-state index < -0.39 is 16.8 Å². The molecule has 1 saturated heterocycles. The molecule has 0 spiro atoms. The Balaban J connectivity index is 1.13. The minimum atomic E-state index is -0.505. The fourth-order valence-electron chi connectivity index (χ4n) is 8.33. The maximum Gasteiger partial charge on any atom is 0.305 e. The molecule has 234 valence electrons. The minimum Gasteiger partial charge on any atom is -0.493 e. The van der Waals surface area contributed by atoms with E-state index in [9.17, 15) is 24.5 Å². The molecule has 46 heavy (non-hydrogen) atoms. The standard InChI is InChI=1S/C34H29N3O7S2/c1-16-4-3-5-17(12-16)15-44-23-11-6-18(13-24(23)43-2)25-26-21-14-22(29(26)45-31-30(25)46-34(40)35-31)28-27(21)32(38)36(33(28)39)19-7-9-20(10-8-19)37(41)42/h3-13,21-22,25-29H,14-15H2,1-2H3,(H,35,40)/t21-,22-,25+,26+,27+,28+,29-/m1/s1. The maximum atomic E-state index is 14.0. The van der Waals surface area contributed by atoms with Crippen LogP contribution in [0.5, 0.6) is 11.5 Å². The Morgan fingerprint density at radius 2 is 1.74 bits per heavy atom. The molecule has 2 aliphatic carbocycles. The van der Waals surface area contributed by atoms with E-state index in [1.165, 1.54) is 40.5 Å². The highest BCUT2D eigenvalue weighted by molar-refractivity contribution is 8.00. The van der Waals surface area contributed by atoms with Crippen LogP contribution in [-0.4, -0.2) is 34.1 Å². The highest BCUT2D eigenvalue weighted by Crippen LogP contribution is 2.68. The zero-order valence-corrected chi connectivity index (χ0v) is 26.5. The molecule has 0 radical (unpaired) electrons. The minimum absolute atomic E-state index is 0.0209. The second-order valence-electron chi connectivity index (χ2n) is 12.4. The first kappa shape index (κ1) is 29.0. The van der Waals surface area contributed by atoms with E-state index in [2.05, 4.69) is 11.1 Å². The molecule has 3 aromatic carbocycles. The monoisotopic (exact) mass is 655 g/mol. The molecule has 0 unspecified atom stereocenters. The van der Waals surface area contributed by atoms with E-state index in [1.807, 2.05) is 43.3 Å². The number of aryl methyl sites for hydroxylation is 1. The Morgan fingerprint density at radius 3 is 2.46 bits per heavy atom. The third kappa shape index (κ3) is 4.41. The van der Waals surface area contributed by atoms with Crippen molar-refractivity contribution in [3.8, 4) is 11.5 Å². The zero-order chi connectivity index (χ0) is 31.9. The zero-order valence-electron chi connectivity index (χ0n) is 24.9. The number of carbonyl (C=O) groups excluding carboxylic acids is 2. The summed E-state index contributed by atoms with van der Waals surface area (Å²) in [5, 5.41) is 12.0. The van der Waals surface area contributed by atoms with E-state index >= 15 is 0 Å². The number of aromatic nitrogens is 1. The molecule has 8 rings (SSSR count). The van der Waals surface area contributed by atoms with Crippen LogP contribution in [-0.2, 0) is 16.2 Å². The van der Waals surface area contributed by atoms with Crippen molar-refractivity contribution < 1.29 is 24.0 Å². The number of thiazole rings is 1. The van der Waals surface area contributed by atoms with Crippen LogP contribution in [0.2, 0.25) is 0 Å². The predicted octanol–water partition coefficient (Wildman–Crippen LogP) is 5.92. The number of hydrogen-bond acceptors (Lipinski definition) is 9. The first-order valence-corrected chi connectivity index (χ1v) is 16.8. The lowest BCUT2D eigenvalue weighted by atomic mass is 9.68. The smallest absolute Gasteiger partial charge is 0.305 e. The van der Waals surface area contributed by atoms with E-state index in [4.69, 9.17) is 9.47 Å². The Labute approximate surface area is 271 Å². The second kappa shape index (κ2) is 10.8. The summed E-state index contributed by atoms with van der Waals surface area (Å²) in [6.07, 6.45) is 0.758. The van der Waals surface area contributed by atoms with Gasteiger partial charge in [-0.3, -0.25) is 29.4 Å². The summed E-state index contributed by atoms with van der Waals surface area (Å²) in [7, 11) is 1.61. The van der Waals surface area contributed by atoms with Crippen molar-refractivity contribution in [2.75, 3.05) is 12.0 Å². The molecule has 3 heterocycles. The van der Waals surface area contributed by atoms with Gasteiger partial charge >= 0.3 is 4.87 Å². The molecule has 2 aliphatic heterocycles. The number of fused-ring (bicyclic) bond motifs is 9. The van der Waals surface area contributed by atoms with Gasteiger partial charge in [0.05, 0.1) is 34.6 Å². The van der Waals surface area contributed by atoms with Gasteiger partial charge in [0.25, 0.3) is 5.69 Å². The summed E-state index contributed by atoms with van der Waals surface area (Å²) >= 11 is 2.83. The average Bonchev–Trinajstić information content (AvgIpc) is 3.78. The van der Waals surface area contributed by atoms with Gasteiger partial charge in [-0.25, -0.2) is 0 Å². The van der Waals surface area contributed by atoms with E-state index in [-0.39, 0.29) is 51.3 Å². The Bertz CT molecular complexity index is 1970. The molecule has 10 nitrogen and oxygen atoms in total. The molecule has 1 N–H and O–H groups in total. The van der Waals surface area contributed by atoms with Crippen molar-refractivity contribution in [2.24, 2.45) is 29.6 Å². The molecule has 2 saturated carbocycles. The van der Waals surface area contributed by atoms with Crippen LogP contribution in [0.25, 0.3) is 0 Å². The van der Waals surface area contributed by atoms with Crippen LogP contribution < -0.4 is 19.2 Å². The van der Waals surface area contributed by atoms with Gasteiger partial charge in [0.15, 0.2) is 11.5 Å². The number of nitro groups is 1. The molecule has 2 bridgehead atoms. The molecule has 12 heteroatoms. The summed E-state index contributed by atoms with van der Waals surface area (Å²) in [5.74, 6) is -0.480. The van der Waals surface area contributed by atoms with Crippen LogP contribution in [0.1, 0.15) is 33.9 Å². The van der Waals surface area contributed by atoms with Crippen molar-refractivity contribution in [2.45, 2.75) is 36.1 Å². The largest absolute Gasteiger partial charge is 0.493 e. The molecular formula is C34H29N3O7S2. The third-order valence-electron chi connectivity index (χ3n) is 10.1. The maximum absolute atomic E-state index is 14.0. The lowest BCUT2D eigenvalue weighted by Gasteiger charge is -2.43. The summed E-state index contributed by atoms with van der Waals surface area (Å²) in [6.45, 7) is 2.43.